The van der Waals surface area contributed by atoms with E-state index in [-0.39, 0.29) is 17.4 Å². The molecule has 4 aromatic rings. The molecule has 0 aliphatic carbocycles. The summed E-state index contributed by atoms with van der Waals surface area (Å²) in [5.74, 6) is -0.983. The fourth-order valence-corrected chi connectivity index (χ4v) is 3.60. The Morgan fingerprint density at radius 3 is 2.24 bits per heavy atom. The molecule has 2 N–H and O–H groups in total. The van der Waals surface area contributed by atoms with Crippen LogP contribution >= 0.6 is 0 Å². The zero-order valence-corrected chi connectivity index (χ0v) is 19.0. The second kappa shape index (κ2) is 9.96. The van der Waals surface area contributed by atoms with Crippen LogP contribution in [0.3, 0.4) is 0 Å². The molecule has 34 heavy (non-hydrogen) atoms. The summed E-state index contributed by atoms with van der Waals surface area (Å²) in [6.07, 6.45) is 1.67. The van der Waals surface area contributed by atoms with Gasteiger partial charge in [0.05, 0.1) is 0 Å². The number of nitrogens with one attached hydrogen (secondary N) is 2. The summed E-state index contributed by atoms with van der Waals surface area (Å²) < 4.78 is 0. The number of Topliss-reactive ketones (excluding diaryl/α,β-unsaturated/α-hetero) is 1. The number of ketones is 1. The molecule has 0 aliphatic heterocycles. The number of rotatable bonds is 6. The highest BCUT2D eigenvalue weighted by Gasteiger charge is 2.16. The summed E-state index contributed by atoms with van der Waals surface area (Å²) in [6.45, 7) is 3.41. The minimum absolute atomic E-state index is 0.0927. The van der Waals surface area contributed by atoms with Crippen LogP contribution in [0, 0.1) is 6.92 Å². The van der Waals surface area contributed by atoms with Crippen molar-refractivity contribution < 1.29 is 14.4 Å². The number of fused-ring (bicyclic) bond motifs is 1. The van der Waals surface area contributed by atoms with Crippen LogP contribution in [0.2, 0.25) is 0 Å². The molecule has 2 amide bonds. The van der Waals surface area contributed by atoms with Crippen LogP contribution in [0.25, 0.3) is 16.8 Å². The smallest absolute Gasteiger partial charge is 0.272 e. The van der Waals surface area contributed by atoms with Crippen LogP contribution in [0.5, 0.6) is 0 Å². The maximum absolute atomic E-state index is 13.3. The van der Waals surface area contributed by atoms with E-state index in [4.69, 9.17) is 0 Å². The standard InChI is InChI=1S/C29H24N2O3/c1-19-13-15-22(16-14-19)28(33)31-27(18-24-10-5-8-21-7-3-4-12-26(21)24)29(34)30-25-11-6-9-23(17-25)20(2)32/h3-18H,1-2H3,(H,30,34)(H,31,33)/b27-18-. The van der Waals surface area contributed by atoms with Crippen LogP contribution in [-0.2, 0) is 4.79 Å². The minimum Gasteiger partial charge on any atom is -0.321 e. The zero-order chi connectivity index (χ0) is 24.1. The molecule has 0 saturated heterocycles. The Labute approximate surface area is 198 Å². The Morgan fingerprint density at radius 1 is 0.765 bits per heavy atom. The van der Waals surface area contributed by atoms with Gasteiger partial charge in [0.25, 0.3) is 11.8 Å². The molecule has 5 nitrogen and oxygen atoms in total. The number of hydrogen-bond acceptors (Lipinski definition) is 3. The highest BCUT2D eigenvalue weighted by atomic mass is 16.2. The number of anilines is 1. The van der Waals surface area contributed by atoms with E-state index >= 15 is 0 Å². The second-order valence-electron chi connectivity index (χ2n) is 8.04. The van der Waals surface area contributed by atoms with Crippen molar-refractivity contribution in [3.05, 3.63) is 119 Å². The third kappa shape index (κ3) is 5.27. The molecule has 0 atom stereocenters. The number of aryl methyl sites for hydroxylation is 1. The Balaban J connectivity index is 1.71. The van der Waals surface area contributed by atoms with Crippen molar-refractivity contribution in [2.45, 2.75) is 13.8 Å². The molecule has 0 unspecified atom stereocenters. The predicted molar refractivity (Wildman–Crippen MR) is 136 cm³/mol. The first-order valence-electron chi connectivity index (χ1n) is 10.9. The molecule has 5 heteroatoms. The van der Waals surface area contributed by atoms with E-state index in [1.807, 2.05) is 61.5 Å². The highest BCUT2D eigenvalue weighted by Crippen LogP contribution is 2.21. The summed E-state index contributed by atoms with van der Waals surface area (Å²) in [5, 5.41) is 7.54. The topological polar surface area (TPSA) is 75.3 Å². The van der Waals surface area contributed by atoms with Gasteiger partial charge in [-0.15, -0.1) is 0 Å². The Kier molecular flexibility index (Phi) is 6.64. The minimum atomic E-state index is -0.492. The molecular formula is C29H24N2O3. The van der Waals surface area contributed by atoms with Gasteiger partial charge in [0, 0.05) is 16.8 Å². The molecule has 0 radical (unpaired) electrons. The largest absolute Gasteiger partial charge is 0.321 e. The Morgan fingerprint density at radius 2 is 1.47 bits per heavy atom. The summed E-state index contributed by atoms with van der Waals surface area (Å²) >= 11 is 0. The van der Waals surface area contributed by atoms with Gasteiger partial charge in [0.2, 0.25) is 0 Å². The SMILES string of the molecule is CC(=O)c1cccc(NC(=O)/C(=C/c2cccc3ccccc23)NC(=O)c2ccc(C)cc2)c1. The average molecular weight is 449 g/mol. The van der Waals surface area contributed by atoms with Crippen molar-refractivity contribution in [3.8, 4) is 0 Å². The first-order valence-corrected chi connectivity index (χ1v) is 10.9. The van der Waals surface area contributed by atoms with Crippen LogP contribution in [0.15, 0.2) is 96.7 Å². The van der Waals surface area contributed by atoms with Crippen LogP contribution in [0.1, 0.15) is 38.8 Å². The normalized spacial score (nSPS) is 11.2. The summed E-state index contributed by atoms with van der Waals surface area (Å²) in [6, 6.07) is 27.4. The molecule has 0 aromatic heterocycles. The Bertz CT molecular complexity index is 1410. The Hall–Kier alpha value is -4.51. The van der Waals surface area contributed by atoms with Crippen LogP contribution in [0.4, 0.5) is 5.69 Å². The lowest BCUT2D eigenvalue weighted by molar-refractivity contribution is -0.113. The summed E-state index contributed by atoms with van der Waals surface area (Å²) in [7, 11) is 0. The maximum Gasteiger partial charge on any atom is 0.272 e. The highest BCUT2D eigenvalue weighted by molar-refractivity contribution is 6.12. The van der Waals surface area contributed by atoms with E-state index in [0.717, 1.165) is 21.9 Å². The van der Waals surface area contributed by atoms with Crippen molar-refractivity contribution in [3.63, 3.8) is 0 Å². The van der Waals surface area contributed by atoms with Gasteiger partial charge in [-0.25, -0.2) is 0 Å². The van der Waals surface area contributed by atoms with Crippen LogP contribution in [-0.4, -0.2) is 17.6 Å². The molecule has 0 spiro atoms. The predicted octanol–water partition coefficient (Wildman–Crippen LogP) is 5.76. The fourth-order valence-electron chi connectivity index (χ4n) is 3.60. The van der Waals surface area contributed by atoms with E-state index in [9.17, 15) is 14.4 Å². The number of carbonyl (C=O) groups excluding carboxylic acids is 3. The van der Waals surface area contributed by atoms with Crippen molar-refractivity contribution in [1.82, 2.24) is 5.32 Å². The van der Waals surface area contributed by atoms with Crippen molar-refractivity contribution in [1.29, 1.82) is 0 Å². The average Bonchev–Trinajstić information content (AvgIpc) is 2.84. The molecule has 0 fully saturated rings. The number of benzene rings is 4. The van der Waals surface area contributed by atoms with Crippen molar-refractivity contribution in [2.24, 2.45) is 0 Å². The van der Waals surface area contributed by atoms with Gasteiger partial charge >= 0.3 is 0 Å². The van der Waals surface area contributed by atoms with Gasteiger partial charge in [-0.2, -0.15) is 0 Å². The molecule has 4 aromatic carbocycles. The van der Waals surface area contributed by atoms with Crippen LogP contribution < -0.4 is 10.6 Å². The molecule has 0 heterocycles. The lowest BCUT2D eigenvalue weighted by Crippen LogP contribution is -2.30. The molecule has 4 rings (SSSR count). The van der Waals surface area contributed by atoms with Gasteiger partial charge in [-0.1, -0.05) is 72.3 Å². The number of hydrogen-bond donors (Lipinski definition) is 2. The first kappa shape index (κ1) is 22.7. The van der Waals surface area contributed by atoms with Gasteiger partial charge in [-0.3, -0.25) is 14.4 Å². The quantitative estimate of drug-likeness (QED) is 0.291. The van der Waals surface area contributed by atoms with Gasteiger partial charge in [0.1, 0.15) is 5.70 Å². The first-order chi connectivity index (χ1) is 16.4. The maximum atomic E-state index is 13.3. The molecule has 0 saturated carbocycles. The van der Waals surface area contributed by atoms with Crippen molar-refractivity contribution >= 4 is 40.1 Å². The molecule has 168 valence electrons. The van der Waals surface area contributed by atoms with Crippen molar-refractivity contribution in [2.75, 3.05) is 5.32 Å². The number of carbonyl (C=O) groups is 3. The number of amides is 2. The van der Waals surface area contributed by atoms with E-state index in [0.29, 0.717) is 16.8 Å². The van der Waals surface area contributed by atoms with Gasteiger partial charge in [-0.05, 0) is 60.5 Å². The summed E-state index contributed by atoms with van der Waals surface area (Å²) in [4.78, 5) is 37.9. The second-order valence-corrected chi connectivity index (χ2v) is 8.04. The van der Waals surface area contributed by atoms with E-state index < -0.39 is 5.91 Å². The third-order valence-electron chi connectivity index (χ3n) is 5.46. The van der Waals surface area contributed by atoms with E-state index in [1.54, 1.807) is 42.5 Å². The molecule has 0 aliphatic rings. The lowest BCUT2D eigenvalue weighted by atomic mass is 10.0. The molecular weight excluding hydrogens is 424 g/mol. The lowest BCUT2D eigenvalue weighted by Gasteiger charge is -2.13. The summed E-state index contributed by atoms with van der Waals surface area (Å²) in [5.41, 5.74) is 3.32. The van der Waals surface area contributed by atoms with E-state index in [1.165, 1.54) is 6.92 Å². The molecule has 0 bridgehead atoms. The third-order valence-corrected chi connectivity index (χ3v) is 5.46. The monoisotopic (exact) mass is 448 g/mol. The van der Waals surface area contributed by atoms with Gasteiger partial charge < -0.3 is 10.6 Å². The van der Waals surface area contributed by atoms with Gasteiger partial charge in [0.15, 0.2) is 5.78 Å². The zero-order valence-electron chi connectivity index (χ0n) is 19.0. The van der Waals surface area contributed by atoms with E-state index in [2.05, 4.69) is 10.6 Å². The fraction of sp³-hybridized carbons (Fsp3) is 0.0690.